The smallest absolute Gasteiger partial charge is 0.573 e. The van der Waals surface area contributed by atoms with E-state index in [1.807, 2.05) is 0 Å². The van der Waals surface area contributed by atoms with Crippen molar-refractivity contribution in [2.45, 2.75) is 23.4 Å². The van der Waals surface area contributed by atoms with E-state index >= 15 is 0 Å². The Balaban J connectivity index is 1.71. The van der Waals surface area contributed by atoms with Gasteiger partial charge in [-0.2, -0.15) is 13.2 Å². The number of para-hydroxylation sites is 1. The highest BCUT2D eigenvalue weighted by atomic mass is 35.5. The molecule has 38 heavy (non-hydrogen) atoms. The number of nitrogens with one attached hydrogen (secondary N) is 1. The summed E-state index contributed by atoms with van der Waals surface area (Å²) in [6.07, 6.45) is -9.55. The standard InChI is InChI=1S/C24H16Cl2F6N2O3S/c25-16-9-17-21(20(26)19(16)14-3-1-2-4-18(14)37-24(30,31)32)34-22(33-17)15(10-35)12-5-7-13(8-6-12)38(36)11-23(27,28)29/h1-9,15,35H,10-11H2,(H,33,34). The van der Waals surface area contributed by atoms with Crippen molar-refractivity contribution in [2.24, 2.45) is 0 Å². The van der Waals surface area contributed by atoms with Crippen LogP contribution < -0.4 is 4.74 Å². The molecule has 2 N–H and O–H groups in total. The fourth-order valence-electron chi connectivity index (χ4n) is 3.83. The van der Waals surface area contributed by atoms with Crippen LogP contribution in [0.25, 0.3) is 22.2 Å². The van der Waals surface area contributed by atoms with Crippen molar-refractivity contribution in [2.75, 3.05) is 12.4 Å². The van der Waals surface area contributed by atoms with E-state index in [2.05, 4.69) is 14.7 Å². The number of hydrogen-bond acceptors (Lipinski definition) is 4. The van der Waals surface area contributed by atoms with Crippen LogP contribution in [0, 0.1) is 0 Å². The van der Waals surface area contributed by atoms with Crippen LogP contribution in [-0.4, -0.2) is 44.5 Å². The summed E-state index contributed by atoms with van der Waals surface area (Å²) >= 11 is 10.6. The third-order valence-corrected chi connectivity index (χ3v) is 7.48. The highest BCUT2D eigenvalue weighted by molar-refractivity contribution is 7.91. The van der Waals surface area contributed by atoms with Gasteiger partial charge in [-0.3, -0.25) is 0 Å². The molecular weight excluding hydrogens is 581 g/mol. The summed E-state index contributed by atoms with van der Waals surface area (Å²) in [4.78, 5) is 7.35. The highest BCUT2D eigenvalue weighted by Gasteiger charge is 2.36. The van der Waals surface area contributed by atoms with Gasteiger partial charge in [0.15, 0.2) is 4.90 Å². The Morgan fingerprint density at radius 2 is 1.68 bits per heavy atom. The van der Waals surface area contributed by atoms with Gasteiger partial charge in [0.05, 0.1) is 28.1 Å². The lowest BCUT2D eigenvalue weighted by atomic mass is 9.99. The summed E-state index contributed by atoms with van der Waals surface area (Å²) in [6.45, 7) is -0.467. The quantitative estimate of drug-likeness (QED) is 0.174. The number of aromatic nitrogens is 2. The summed E-state index contributed by atoms with van der Waals surface area (Å²) in [6, 6.07) is 12.1. The zero-order valence-electron chi connectivity index (χ0n) is 18.8. The third kappa shape index (κ3) is 6.32. The molecule has 0 spiro atoms. The van der Waals surface area contributed by atoms with Gasteiger partial charge in [-0.15, -0.1) is 13.2 Å². The molecule has 0 bridgehead atoms. The number of benzene rings is 3. The summed E-state index contributed by atoms with van der Waals surface area (Å²) in [5.74, 6) is -2.58. The number of halogens is 8. The van der Waals surface area contributed by atoms with Gasteiger partial charge in [0.25, 0.3) is 0 Å². The van der Waals surface area contributed by atoms with Crippen molar-refractivity contribution in [3.05, 3.63) is 76.0 Å². The second-order valence-electron chi connectivity index (χ2n) is 8.02. The van der Waals surface area contributed by atoms with Crippen LogP contribution in [0.5, 0.6) is 5.75 Å². The number of nitrogens with zero attached hydrogens (tertiary/aromatic N) is 1. The van der Waals surface area contributed by atoms with Crippen molar-refractivity contribution in [1.82, 2.24) is 9.97 Å². The third-order valence-electron chi connectivity index (χ3n) is 5.42. The highest BCUT2D eigenvalue weighted by Crippen LogP contribution is 2.44. The fourth-order valence-corrected chi connectivity index (χ4v) is 5.44. The first-order valence-electron chi connectivity index (χ1n) is 10.7. The Morgan fingerprint density at radius 1 is 1.03 bits per heavy atom. The van der Waals surface area contributed by atoms with Gasteiger partial charge in [0, 0.05) is 11.1 Å². The topological polar surface area (TPSA) is 81.2 Å². The Labute approximate surface area is 224 Å². The molecule has 1 heterocycles. The monoisotopic (exact) mass is 596 g/mol. The fraction of sp³-hybridized carbons (Fsp3) is 0.208. The van der Waals surface area contributed by atoms with E-state index in [1.165, 1.54) is 48.5 Å². The number of aliphatic hydroxyl groups is 1. The maximum atomic E-state index is 12.9. The second kappa shape index (κ2) is 10.9. The molecular formula is C24H16Cl2F6N2O3S. The zero-order valence-corrected chi connectivity index (χ0v) is 21.2. The van der Waals surface area contributed by atoms with E-state index in [4.69, 9.17) is 23.2 Å². The molecule has 2 unspecified atom stereocenters. The first kappa shape index (κ1) is 28.4. The maximum absolute atomic E-state index is 12.9. The minimum Gasteiger partial charge on any atom is -0.611 e. The van der Waals surface area contributed by atoms with Gasteiger partial charge in [-0.05, 0) is 41.0 Å². The Hall–Kier alpha value is -2.64. The molecule has 4 rings (SSSR count). The molecule has 0 radical (unpaired) electrons. The Morgan fingerprint density at radius 3 is 2.29 bits per heavy atom. The minimum absolute atomic E-state index is 0.00738. The molecule has 1 aromatic heterocycles. The molecule has 0 fully saturated rings. The average molecular weight is 597 g/mol. The van der Waals surface area contributed by atoms with Crippen LogP contribution >= 0.6 is 23.2 Å². The molecule has 0 saturated heterocycles. The van der Waals surface area contributed by atoms with Crippen molar-refractivity contribution in [3.8, 4) is 16.9 Å². The number of aliphatic hydroxyl groups excluding tert-OH is 1. The normalized spacial score (nSPS) is 14.1. The molecule has 0 aliphatic heterocycles. The van der Waals surface area contributed by atoms with E-state index in [0.717, 1.165) is 6.07 Å². The van der Waals surface area contributed by atoms with E-state index in [-0.39, 0.29) is 37.4 Å². The first-order valence-corrected chi connectivity index (χ1v) is 12.7. The molecule has 202 valence electrons. The molecule has 5 nitrogen and oxygen atoms in total. The number of H-pyrrole nitrogens is 1. The van der Waals surface area contributed by atoms with Gasteiger partial charge < -0.3 is 19.4 Å². The van der Waals surface area contributed by atoms with Crippen LogP contribution in [0.15, 0.2) is 59.5 Å². The van der Waals surface area contributed by atoms with E-state index in [0.29, 0.717) is 11.1 Å². The summed E-state index contributed by atoms with van der Waals surface area (Å²) in [5.41, 5.74) is 0.965. The number of ether oxygens (including phenoxy) is 1. The van der Waals surface area contributed by atoms with E-state index < -0.39 is 47.7 Å². The largest absolute Gasteiger partial charge is 0.611 e. The number of alkyl halides is 6. The lowest BCUT2D eigenvalue weighted by molar-refractivity contribution is -0.274. The van der Waals surface area contributed by atoms with Gasteiger partial charge >= 0.3 is 12.5 Å². The van der Waals surface area contributed by atoms with Crippen molar-refractivity contribution < 1.29 is 40.7 Å². The van der Waals surface area contributed by atoms with Crippen molar-refractivity contribution in [3.63, 3.8) is 0 Å². The summed E-state index contributed by atoms with van der Waals surface area (Å²) < 4.78 is 92.5. The lowest BCUT2D eigenvalue weighted by Crippen LogP contribution is -2.23. The molecule has 4 aromatic rings. The SMILES string of the molecule is [O-][S+](CC(F)(F)F)c1ccc(C(CO)c2nc3c(Cl)c(-c4ccccc4OC(F)(F)F)c(Cl)cc3[nH]2)cc1. The van der Waals surface area contributed by atoms with Gasteiger partial charge in [0.1, 0.15) is 17.1 Å². The number of fused-ring (bicyclic) bond motifs is 1. The Kier molecular flexibility index (Phi) is 8.10. The summed E-state index contributed by atoms with van der Waals surface area (Å²) in [5, 5.41) is 9.98. The summed E-state index contributed by atoms with van der Waals surface area (Å²) in [7, 11) is 0. The predicted molar refractivity (Wildman–Crippen MR) is 131 cm³/mol. The number of rotatable bonds is 7. The second-order valence-corrected chi connectivity index (χ2v) is 10.3. The lowest BCUT2D eigenvalue weighted by Gasteiger charge is -2.15. The van der Waals surface area contributed by atoms with Crippen molar-refractivity contribution >= 4 is 45.4 Å². The van der Waals surface area contributed by atoms with Crippen LogP contribution in [-0.2, 0) is 11.2 Å². The van der Waals surface area contributed by atoms with Gasteiger partial charge in [-0.25, -0.2) is 4.98 Å². The average Bonchev–Trinajstić information content (AvgIpc) is 3.23. The molecule has 0 saturated carbocycles. The molecule has 2 atom stereocenters. The van der Waals surface area contributed by atoms with Gasteiger partial charge in [0.2, 0.25) is 5.75 Å². The molecule has 0 aliphatic carbocycles. The van der Waals surface area contributed by atoms with Crippen LogP contribution in [0.3, 0.4) is 0 Å². The number of imidazole rings is 1. The van der Waals surface area contributed by atoms with Crippen LogP contribution in [0.4, 0.5) is 26.3 Å². The van der Waals surface area contributed by atoms with E-state index in [1.54, 1.807) is 0 Å². The molecule has 0 amide bonds. The number of aromatic amines is 1. The number of hydrogen-bond donors (Lipinski definition) is 2. The van der Waals surface area contributed by atoms with Crippen molar-refractivity contribution in [1.29, 1.82) is 0 Å². The maximum Gasteiger partial charge on any atom is 0.573 e. The van der Waals surface area contributed by atoms with Gasteiger partial charge in [-0.1, -0.05) is 53.5 Å². The Bertz CT molecular complexity index is 1440. The minimum atomic E-state index is -4.96. The zero-order chi connectivity index (χ0) is 27.8. The first-order chi connectivity index (χ1) is 17.8. The molecule has 0 aliphatic rings. The predicted octanol–water partition coefficient (Wildman–Crippen LogP) is 7.23. The molecule has 3 aromatic carbocycles. The van der Waals surface area contributed by atoms with Crippen LogP contribution in [0.1, 0.15) is 17.3 Å². The van der Waals surface area contributed by atoms with Crippen LogP contribution in [0.2, 0.25) is 10.0 Å². The van der Waals surface area contributed by atoms with E-state index in [9.17, 15) is 36.0 Å². The molecule has 14 heteroatoms.